The standard InChI is InChI=1S/C30H34F3N3O5S/c1-40-16-15-34-20-21-13-14-26-23(17-21)9-5-12-27(26)35-29(37)19-28(22-7-3-2-4-8-22)36-42(38,39)25-11-6-10-24(18-25)41-30(31,32)33/h2-4,6-8,10-11,13-14,17-18,27-28,34,36H,5,9,12,15-16,19-20H2,1H3,(H,35,37)/t27-,28-/m1/s1. The van der Waals surface area contributed by atoms with Crippen molar-refractivity contribution in [2.75, 3.05) is 20.3 Å². The molecule has 0 heterocycles. The highest BCUT2D eigenvalue weighted by molar-refractivity contribution is 7.89. The summed E-state index contributed by atoms with van der Waals surface area (Å²) in [5.41, 5.74) is 3.88. The van der Waals surface area contributed by atoms with Gasteiger partial charge in [-0.2, -0.15) is 0 Å². The minimum Gasteiger partial charge on any atom is -0.406 e. The van der Waals surface area contributed by atoms with E-state index in [0.717, 1.165) is 61.2 Å². The smallest absolute Gasteiger partial charge is 0.406 e. The number of methoxy groups -OCH3 is 1. The fraction of sp³-hybridized carbons (Fsp3) is 0.367. The molecule has 4 rings (SSSR count). The maximum Gasteiger partial charge on any atom is 0.573 e. The summed E-state index contributed by atoms with van der Waals surface area (Å²) in [4.78, 5) is 12.9. The average molecular weight is 606 g/mol. The minimum atomic E-state index is -4.97. The first-order valence-electron chi connectivity index (χ1n) is 13.6. The van der Waals surface area contributed by atoms with E-state index in [1.807, 2.05) is 12.1 Å². The number of carbonyl (C=O) groups is 1. The van der Waals surface area contributed by atoms with Gasteiger partial charge >= 0.3 is 6.36 Å². The van der Waals surface area contributed by atoms with E-state index in [9.17, 15) is 26.4 Å². The Morgan fingerprint density at radius 2 is 1.83 bits per heavy atom. The van der Waals surface area contributed by atoms with Crippen molar-refractivity contribution < 1.29 is 35.9 Å². The van der Waals surface area contributed by atoms with E-state index in [2.05, 4.69) is 26.2 Å². The van der Waals surface area contributed by atoms with E-state index in [-0.39, 0.29) is 18.4 Å². The molecule has 226 valence electrons. The number of amides is 1. The zero-order valence-corrected chi connectivity index (χ0v) is 23.9. The second-order valence-electron chi connectivity index (χ2n) is 10.0. The molecule has 0 bridgehead atoms. The van der Waals surface area contributed by atoms with Gasteiger partial charge in [0.2, 0.25) is 15.9 Å². The zero-order chi connectivity index (χ0) is 30.2. The van der Waals surface area contributed by atoms with Crippen LogP contribution in [0.3, 0.4) is 0 Å². The van der Waals surface area contributed by atoms with Crippen molar-refractivity contribution in [1.29, 1.82) is 0 Å². The molecule has 0 radical (unpaired) electrons. The molecule has 12 heteroatoms. The maximum absolute atomic E-state index is 13.3. The van der Waals surface area contributed by atoms with Crippen LogP contribution >= 0.6 is 0 Å². The van der Waals surface area contributed by atoms with Gasteiger partial charge in [-0.15, -0.1) is 13.2 Å². The lowest BCUT2D eigenvalue weighted by Gasteiger charge is -2.28. The molecule has 0 saturated heterocycles. The fourth-order valence-corrected chi connectivity index (χ4v) is 6.24. The number of carbonyl (C=O) groups excluding carboxylic acids is 1. The first-order valence-corrected chi connectivity index (χ1v) is 15.1. The van der Waals surface area contributed by atoms with Gasteiger partial charge in [-0.1, -0.05) is 54.6 Å². The highest BCUT2D eigenvalue weighted by Gasteiger charge is 2.32. The second kappa shape index (κ2) is 14.1. The molecule has 42 heavy (non-hydrogen) atoms. The molecular formula is C30H34F3N3O5S. The van der Waals surface area contributed by atoms with Gasteiger partial charge in [0.05, 0.1) is 23.6 Å². The summed E-state index contributed by atoms with van der Waals surface area (Å²) in [5, 5.41) is 6.39. The number of halogens is 3. The average Bonchev–Trinajstić information content (AvgIpc) is 2.95. The largest absolute Gasteiger partial charge is 0.573 e. The Morgan fingerprint density at radius 1 is 1.05 bits per heavy atom. The maximum atomic E-state index is 13.3. The predicted molar refractivity (Wildman–Crippen MR) is 151 cm³/mol. The molecule has 3 aromatic carbocycles. The molecule has 1 aliphatic carbocycles. The molecule has 1 amide bonds. The molecule has 0 aliphatic heterocycles. The first kappa shape index (κ1) is 31.5. The summed E-state index contributed by atoms with van der Waals surface area (Å²) in [7, 11) is -2.67. The van der Waals surface area contributed by atoms with Crippen LogP contribution in [0.25, 0.3) is 0 Å². The SMILES string of the molecule is COCCNCc1ccc2c(c1)CCC[C@H]2NC(=O)C[C@@H](NS(=O)(=O)c1cccc(OC(F)(F)F)c1)c1ccccc1. The van der Waals surface area contributed by atoms with Crippen molar-refractivity contribution in [3.63, 3.8) is 0 Å². The normalized spacial score (nSPS) is 16.0. The molecule has 2 atom stereocenters. The van der Waals surface area contributed by atoms with E-state index in [4.69, 9.17) is 4.74 Å². The van der Waals surface area contributed by atoms with Crippen LogP contribution in [-0.2, 0) is 32.5 Å². The second-order valence-corrected chi connectivity index (χ2v) is 11.7. The molecule has 8 nitrogen and oxygen atoms in total. The third-order valence-electron chi connectivity index (χ3n) is 6.91. The summed E-state index contributed by atoms with van der Waals surface area (Å²) in [6.07, 6.45) is -2.64. The van der Waals surface area contributed by atoms with E-state index in [1.165, 1.54) is 5.56 Å². The van der Waals surface area contributed by atoms with Gasteiger partial charge < -0.3 is 20.1 Å². The number of aryl methyl sites for hydroxylation is 1. The number of sulfonamides is 1. The van der Waals surface area contributed by atoms with Crippen molar-refractivity contribution in [2.45, 2.75) is 55.6 Å². The van der Waals surface area contributed by atoms with Crippen LogP contribution in [0.15, 0.2) is 77.7 Å². The quantitative estimate of drug-likeness (QED) is 0.239. The van der Waals surface area contributed by atoms with Crippen molar-refractivity contribution in [3.05, 3.63) is 95.1 Å². The number of hydrogen-bond acceptors (Lipinski definition) is 6. The van der Waals surface area contributed by atoms with Crippen molar-refractivity contribution >= 4 is 15.9 Å². The zero-order valence-electron chi connectivity index (χ0n) is 23.1. The Balaban J connectivity index is 1.47. The highest BCUT2D eigenvalue weighted by atomic mass is 32.2. The number of alkyl halides is 3. The highest BCUT2D eigenvalue weighted by Crippen LogP contribution is 2.31. The van der Waals surface area contributed by atoms with Gasteiger partial charge in [-0.3, -0.25) is 4.79 Å². The number of nitrogens with one attached hydrogen (secondary N) is 3. The van der Waals surface area contributed by atoms with Gasteiger partial charge in [0.1, 0.15) is 5.75 Å². The van der Waals surface area contributed by atoms with Crippen LogP contribution in [-0.4, -0.2) is 40.9 Å². The number of hydrogen-bond donors (Lipinski definition) is 3. The molecule has 0 spiro atoms. The predicted octanol–water partition coefficient (Wildman–Crippen LogP) is 4.92. The molecule has 0 fully saturated rings. The van der Waals surface area contributed by atoms with Crippen molar-refractivity contribution in [3.8, 4) is 5.75 Å². The summed E-state index contributed by atoms with van der Waals surface area (Å²) in [6, 6.07) is 17.7. The minimum absolute atomic E-state index is 0.213. The summed E-state index contributed by atoms with van der Waals surface area (Å²) >= 11 is 0. The van der Waals surface area contributed by atoms with Gasteiger partial charge in [-0.05, 0) is 53.6 Å². The van der Waals surface area contributed by atoms with Crippen LogP contribution in [0.5, 0.6) is 5.75 Å². The van der Waals surface area contributed by atoms with E-state index >= 15 is 0 Å². The molecule has 0 saturated carbocycles. The van der Waals surface area contributed by atoms with Crippen molar-refractivity contribution in [1.82, 2.24) is 15.4 Å². The molecular weight excluding hydrogens is 571 g/mol. The van der Waals surface area contributed by atoms with Crippen LogP contribution in [0.2, 0.25) is 0 Å². The van der Waals surface area contributed by atoms with Crippen LogP contribution in [0, 0.1) is 0 Å². The number of ether oxygens (including phenoxy) is 2. The lowest BCUT2D eigenvalue weighted by atomic mass is 9.86. The van der Waals surface area contributed by atoms with Crippen LogP contribution in [0.1, 0.15) is 53.6 Å². The van der Waals surface area contributed by atoms with E-state index < -0.39 is 33.1 Å². The molecule has 3 aromatic rings. The Morgan fingerprint density at radius 3 is 2.57 bits per heavy atom. The number of rotatable bonds is 13. The third-order valence-corrected chi connectivity index (χ3v) is 8.38. The lowest BCUT2D eigenvalue weighted by molar-refractivity contribution is -0.274. The summed E-state index contributed by atoms with van der Waals surface area (Å²) < 4.78 is 75.9. The Bertz CT molecular complexity index is 1450. The fourth-order valence-electron chi connectivity index (χ4n) is 4.98. The third kappa shape index (κ3) is 9.02. The molecule has 0 aromatic heterocycles. The van der Waals surface area contributed by atoms with Gasteiger partial charge in [0.15, 0.2) is 0 Å². The van der Waals surface area contributed by atoms with Crippen LogP contribution in [0.4, 0.5) is 13.2 Å². The monoisotopic (exact) mass is 605 g/mol. The number of fused-ring (bicyclic) bond motifs is 1. The molecule has 0 unspecified atom stereocenters. The first-order chi connectivity index (χ1) is 20.0. The summed E-state index contributed by atoms with van der Waals surface area (Å²) in [5.74, 6) is -1.02. The van der Waals surface area contributed by atoms with Gasteiger partial charge in [-0.25, -0.2) is 13.1 Å². The Labute approximate surface area is 243 Å². The van der Waals surface area contributed by atoms with Crippen LogP contribution < -0.4 is 20.1 Å². The van der Waals surface area contributed by atoms with Crippen molar-refractivity contribution in [2.24, 2.45) is 0 Å². The lowest BCUT2D eigenvalue weighted by Crippen LogP contribution is -2.36. The number of benzene rings is 3. The summed E-state index contributed by atoms with van der Waals surface area (Å²) in [6.45, 7) is 2.07. The Kier molecular flexibility index (Phi) is 10.6. The van der Waals surface area contributed by atoms with Gasteiger partial charge in [0.25, 0.3) is 0 Å². The topological polar surface area (TPSA) is 106 Å². The molecule has 1 aliphatic rings. The molecule has 3 N–H and O–H groups in total. The van der Waals surface area contributed by atoms with E-state index in [0.29, 0.717) is 18.7 Å². The van der Waals surface area contributed by atoms with Gasteiger partial charge in [0, 0.05) is 32.7 Å². The van der Waals surface area contributed by atoms with E-state index in [1.54, 1.807) is 37.4 Å². The Hall–Kier alpha value is -3.45.